The highest BCUT2D eigenvalue weighted by atomic mass is 32.2. The zero-order chi connectivity index (χ0) is 21.1. The summed E-state index contributed by atoms with van der Waals surface area (Å²) in [7, 11) is -2.00. The molecule has 30 heavy (non-hydrogen) atoms. The number of imidazole rings is 1. The first-order chi connectivity index (χ1) is 14.4. The first kappa shape index (κ1) is 20.1. The maximum Gasteiger partial charge on any atom is 0.280 e. The van der Waals surface area contributed by atoms with Crippen LogP contribution in [-0.4, -0.2) is 41.0 Å². The van der Waals surface area contributed by atoms with Crippen molar-refractivity contribution < 1.29 is 8.42 Å². The molecule has 1 saturated heterocycles. The van der Waals surface area contributed by atoms with Crippen molar-refractivity contribution in [3.8, 4) is 0 Å². The number of nitrogens with one attached hydrogen (secondary N) is 2. The Balaban J connectivity index is 1.46. The second-order valence-corrected chi connectivity index (χ2v) is 9.05. The van der Waals surface area contributed by atoms with Gasteiger partial charge in [0.1, 0.15) is 5.82 Å². The van der Waals surface area contributed by atoms with Gasteiger partial charge in [-0.25, -0.2) is 9.97 Å². The number of hydrogen-bond acceptors (Lipinski definition) is 7. The van der Waals surface area contributed by atoms with Crippen LogP contribution in [0.1, 0.15) is 25.0 Å². The second kappa shape index (κ2) is 8.31. The van der Waals surface area contributed by atoms with Gasteiger partial charge >= 0.3 is 0 Å². The predicted molar refractivity (Wildman–Crippen MR) is 117 cm³/mol. The van der Waals surface area contributed by atoms with E-state index in [2.05, 4.69) is 29.9 Å². The molecule has 158 valence electrons. The standard InChI is InChI=1S/C20H25N7O2S/c1-15-12-18(27-10-4-3-5-11-27)24-20(22-15)23-16-6-8-17(9-7-16)25-30(28,29)19-13-26(2)14-21-19/h6-9,12-14,25H,3-5,10-11H2,1-2H3,(H,22,23,24). The minimum Gasteiger partial charge on any atom is -0.356 e. The molecule has 3 heterocycles. The normalized spacial score (nSPS) is 14.5. The van der Waals surface area contributed by atoms with Gasteiger partial charge in [0.15, 0.2) is 5.03 Å². The summed E-state index contributed by atoms with van der Waals surface area (Å²) in [6, 6.07) is 8.94. The summed E-state index contributed by atoms with van der Waals surface area (Å²) >= 11 is 0. The quantitative estimate of drug-likeness (QED) is 0.623. The van der Waals surface area contributed by atoms with Gasteiger partial charge in [0, 0.05) is 49.5 Å². The van der Waals surface area contributed by atoms with Crippen LogP contribution in [0.5, 0.6) is 0 Å². The lowest BCUT2D eigenvalue weighted by Gasteiger charge is -2.28. The molecule has 0 spiro atoms. The van der Waals surface area contributed by atoms with Crippen molar-refractivity contribution in [1.29, 1.82) is 0 Å². The van der Waals surface area contributed by atoms with E-state index in [4.69, 9.17) is 0 Å². The summed E-state index contributed by atoms with van der Waals surface area (Å²) in [6.45, 7) is 3.98. The molecule has 0 unspecified atom stereocenters. The summed E-state index contributed by atoms with van der Waals surface area (Å²) in [5.74, 6) is 1.46. The van der Waals surface area contributed by atoms with Gasteiger partial charge in [0.25, 0.3) is 10.0 Å². The van der Waals surface area contributed by atoms with Gasteiger partial charge in [-0.1, -0.05) is 0 Å². The van der Waals surface area contributed by atoms with E-state index in [1.165, 1.54) is 31.8 Å². The van der Waals surface area contributed by atoms with Crippen molar-refractivity contribution in [1.82, 2.24) is 19.5 Å². The van der Waals surface area contributed by atoms with Gasteiger partial charge in [-0.05, 0) is 50.5 Å². The molecule has 0 bridgehead atoms. The Hall–Kier alpha value is -3.14. The molecule has 0 radical (unpaired) electrons. The highest BCUT2D eigenvalue weighted by molar-refractivity contribution is 7.92. The lowest BCUT2D eigenvalue weighted by Crippen LogP contribution is -2.30. The number of anilines is 4. The minimum absolute atomic E-state index is 0.0226. The van der Waals surface area contributed by atoms with Gasteiger partial charge in [-0.3, -0.25) is 4.72 Å². The molecular formula is C20H25N7O2S. The number of benzene rings is 1. The fraction of sp³-hybridized carbons (Fsp3) is 0.350. The van der Waals surface area contributed by atoms with E-state index in [0.717, 1.165) is 30.3 Å². The van der Waals surface area contributed by atoms with Crippen molar-refractivity contribution in [2.24, 2.45) is 7.05 Å². The third-order valence-electron chi connectivity index (χ3n) is 4.87. The summed E-state index contributed by atoms with van der Waals surface area (Å²) in [4.78, 5) is 15.3. The lowest BCUT2D eigenvalue weighted by atomic mass is 10.1. The Morgan fingerprint density at radius 3 is 2.37 bits per heavy atom. The molecule has 4 rings (SSSR count). The SMILES string of the molecule is Cc1cc(N2CCCCC2)nc(Nc2ccc(NS(=O)(=O)c3cn(C)cn3)cc2)n1. The third-order valence-corrected chi connectivity index (χ3v) is 6.14. The molecule has 10 heteroatoms. The monoisotopic (exact) mass is 427 g/mol. The van der Waals surface area contributed by atoms with Crippen LogP contribution in [0, 0.1) is 6.92 Å². The van der Waals surface area contributed by atoms with Crippen molar-refractivity contribution in [3.05, 3.63) is 48.5 Å². The summed E-state index contributed by atoms with van der Waals surface area (Å²) in [5.41, 5.74) is 2.11. The van der Waals surface area contributed by atoms with Crippen molar-refractivity contribution in [3.63, 3.8) is 0 Å². The molecule has 0 saturated carbocycles. The Kier molecular flexibility index (Phi) is 5.58. The molecule has 1 aliphatic rings. The predicted octanol–water partition coefficient (Wildman–Crippen LogP) is 3.05. The van der Waals surface area contributed by atoms with Crippen LogP contribution >= 0.6 is 0 Å². The molecule has 2 N–H and O–H groups in total. The van der Waals surface area contributed by atoms with Crippen LogP contribution in [-0.2, 0) is 17.1 Å². The fourth-order valence-corrected chi connectivity index (χ4v) is 4.42. The van der Waals surface area contributed by atoms with Crippen LogP contribution < -0.4 is 14.9 Å². The maximum atomic E-state index is 12.4. The van der Waals surface area contributed by atoms with Crippen molar-refractivity contribution >= 4 is 33.2 Å². The van der Waals surface area contributed by atoms with Crippen molar-refractivity contribution in [2.75, 3.05) is 28.0 Å². The average Bonchev–Trinajstić information content (AvgIpc) is 3.17. The first-order valence-corrected chi connectivity index (χ1v) is 11.4. The van der Waals surface area contributed by atoms with Gasteiger partial charge < -0.3 is 14.8 Å². The number of aryl methyl sites for hydroxylation is 2. The van der Waals surface area contributed by atoms with Crippen LogP contribution in [0.2, 0.25) is 0 Å². The van der Waals surface area contributed by atoms with E-state index in [-0.39, 0.29) is 5.03 Å². The molecule has 9 nitrogen and oxygen atoms in total. The van der Waals surface area contributed by atoms with E-state index in [1.807, 2.05) is 13.0 Å². The van der Waals surface area contributed by atoms with Crippen molar-refractivity contribution in [2.45, 2.75) is 31.2 Å². The highest BCUT2D eigenvalue weighted by Gasteiger charge is 2.17. The van der Waals surface area contributed by atoms with Gasteiger partial charge in [-0.2, -0.15) is 13.4 Å². The highest BCUT2D eigenvalue weighted by Crippen LogP contribution is 2.23. The van der Waals surface area contributed by atoms with E-state index < -0.39 is 10.0 Å². The van der Waals surface area contributed by atoms with E-state index in [1.54, 1.807) is 35.9 Å². The number of hydrogen-bond donors (Lipinski definition) is 2. The zero-order valence-corrected chi connectivity index (χ0v) is 17.9. The Morgan fingerprint density at radius 1 is 1.00 bits per heavy atom. The Morgan fingerprint density at radius 2 is 1.70 bits per heavy atom. The van der Waals surface area contributed by atoms with Crippen LogP contribution in [0.4, 0.5) is 23.1 Å². The minimum atomic E-state index is -3.72. The first-order valence-electron chi connectivity index (χ1n) is 9.87. The smallest absolute Gasteiger partial charge is 0.280 e. The van der Waals surface area contributed by atoms with E-state index in [9.17, 15) is 8.42 Å². The number of aromatic nitrogens is 4. The van der Waals surface area contributed by atoms with Crippen LogP contribution in [0.25, 0.3) is 0 Å². The zero-order valence-electron chi connectivity index (χ0n) is 17.0. The van der Waals surface area contributed by atoms with Gasteiger partial charge in [0.2, 0.25) is 5.95 Å². The molecule has 0 amide bonds. The molecule has 1 aliphatic heterocycles. The molecule has 0 aliphatic carbocycles. The molecule has 1 fully saturated rings. The second-order valence-electron chi connectivity index (χ2n) is 7.42. The number of rotatable bonds is 6. The largest absolute Gasteiger partial charge is 0.356 e. The summed E-state index contributed by atoms with van der Waals surface area (Å²) in [6.07, 6.45) is 6.53. The number of piperidine rings is 1. The number of nitrogens with zero attached hydrogens (tertiary/aromatic N) is 5. The fourth-order valence-electron chi connectivity index (χ4n) is 3.38. The molecular weight excluding hydrogens is 402 g/mol. The molecule has 3 aromatic rings. The lowest BCUT2D eigenvalue weighted by molar-refractivity contribution is 0.573. The Bertz CT molecular complexity index is 1120. The molecule has 1 aromatic carbocycles. The average molecular weight is 428 g/mol. The van der Waals surface area contributed by atoms with Crippen LogP contribution in [0.3, 0.4) is 0 Å². The number of sulfonamides is 1. The van der Waals surface area contributed by atoms with Gasteiger partial charge in [-0.15, -0.1) is 0 Å². The topological polar surface area (TPSA) is 105 Å². The molecule has 0 atom stereocenters. The van der Waals surface area contributed by atoms with Crippen LogP contribution in [0.15, 0.2) is 47.9 Å². The summed E-state index contributed by atoms with van der Waals surface area (Å²) < 4.78 is 28.9. The van der Waals surface area contributed by atoms with E-state index in [0.29, 0.717) is 11.6 Å². The molecule has 2 aromatic heterocycles. The maximum absolute atomic E-state index is 12.4. The third kappa shape index (κ3) is 4.70. The Labute approximate surface area is 176 Å². The van der Waals surface area contributed by atoms with E-state index >= 15 is 0 Å². The van der Waals surface area contributed by atoms with Gasteiger partial charge in [0.05, 0.1) is 6.33 Å². The summed E-state index contributed by atoms with van der Waals surface area (Å²) in [5, 5.41) is 3.18.